The number of hydrogen-bond donors (Lipinski definition) is 2. The predicted octanol–water partition coefficient (Wildman–Crippen LogP) is 3.72. The van der Waals surface area contributed by atoms with Gasteiger partial charge in [0.1, 0.15) is 5.82 Å². The van der Waals surface area contributed by atoms with Crippen LogP contribution in [0.15, 0.2) is 30.3 Å². The standard InChI is InChI=1S/C20H21FN2O2S/c21-14-8-6-12(7-9-14)15-11-16(15)19(24)22-23-20(25)18-10-13-4-2-1-3-5-17(13)26-18/h6-10,15-16H,1-5,11H2,(H,22,24)(H,23,25). The van der Waals surface area contributed by atoms with Crippen LogP contribution in [-0.2, 0) is 17.6 Å². The third-order valence-electron chi connectivity index (χ3n) is 5.19. The van der Waals surface area contributed by atoms with Gasteiger partial charge >= 0.3 is 0 Å². The summed E-state index contributed by atoms with van der Waals surface area (Å²) < 4.78 is 13.0. The highest BCUT2D eigenvalue weighted by Gasteiger charge is 2.44. The predicted molar refractivity (Wildman–Crippen MR) is 98.4 cm³/mol. The van der Waals surface area contributed by atoms with Crippen molar-refractivity contribution in [3.63, 3.8) is 0 Å². The molecule has 2 atom stereocenters. The van der Waals surface area contributed by atoms with E-state index in [-0.39, 0.29) is 29.5 Å². The summed E-state index contributed by atoms with van der Waals surface area (Å²) in [6.07, 6.45) is 6.40. The van der Waals surface area contributed by atoms with Gasteiger partial charge in [0.15, 0.2) is 0 Å². The molecule has 2 aromatic rings. The molecule has 0 aliphatic heterocycles. The first-order valence-corrected chi connectivity index (χ1v) is 9.90. The van der Waals surface area contributed by atoms with E-state index in [2.05, 4.69) is 10.9 Å². The second-order valence-electron chi connectivity index (χ2n) is 7.06. The van der Waals surface area contributed by atoms with Gasteiger partial charge < -0.3 is 0 Å². The average molecular weight is 372 g/mol. The molecule has 2 amide bonds. The molecule has 0 spiro atoms. The van der Waals surface area contributed by atoms with Gasteiger partial charge in [0.2, 0.25) is 5.91 Å². The second kappa shape index (κ2) is 7.19. The van der Waals surface area contributed by atoms with Crippen LogP contribution in [0.4, 0.5) is 4.39 Å². The number of aryl methyl sites for hydroxylation is 2. The molecule has 6 heteroatoms. The molecule has 1 aromatic carbocycles. The van der Waals surface area contributed by atoms with Crippen LogP contribution in [0.1, 0.15) is 57.3 Å². The molecule has 1 fully saturated rings. The van der Waals surface area contributed by atoms with Crippen molar-refractivity contribution in [1.82, 2.24) is 10.9 Å². The topological polar surface area (TPSA) is 58.2 Å². The molecule has 0 bridgehead atoms. The number of hydrazine groups is 1. The SMILES string of the molecule is O=C(NNC(=O)C1CC1c1ccc(F)cc1)c1cc2c(s1)CCCCC2. The number of hydrogen-bond acceptors (Lipinski definition) is 3. The van der Waals surface area contributed by atoms with Gasteiger partial charge in [-0.1, -0.05) is 18.6 Å². The van der Waals surface area contributed by atoms with Crippen molar-refractivity contribution in [3.8, 4) is 0 Å². The Morgan fingerprint density at radius 2 is 1.81 bits per heavy atom. The van der Waals surface area contributed by atoms with Crippen LogP contribution in [0.5, 0.6) is 0 Å². The molecule has 4 rings (SSSR count). The van der Waals surface area contributed by atoms with Gasteiger partial charge in [0.05, 0.1) is 4.88 Å². The largest absolute Gasteiger partial charge is 0.279 e. The lowest BCUT2D eigenvalue weighted by Gasteiger charge is -2.06. The smallest absolute Gasteiger partial charge is 0.273 e. The highest BCUT2D eigenvalue weighted by atomic mass is 32.1. The van der Waals surface area contributed by atoms with Crippen molar-refractivity contribution >= 4 is 23.2 Å². The lowest BCUT2D eigenvalue weighted by Crippen LogP contribution is -2.42. The van der Waals surface area contributed by atoms with Crippen molar-refractivity contribution in [2.75, 3.05) is 0 Å². The molecule has 26 heavy (non-hydrogen) atoms. The number of halogens is 1. The Kier molecular flexibility index (Phi) is 4.76. The first-order chi connectivity index (χ1) is 12.6. The van der Waals surface area contributed by atoms with E-state index in [1.807, 2.05) is 6.07 Å². The summed E-state index contributed by atoms with van der Waals surface area (Å²) in [6.45, 7) is 0. The van der Waals surface area contributed by atoms with Crippen molar-refractivity contribution in [2.24, 2.45) is 5.92 Å². The number of carbonyl (C=O) groups excluding carboxylic acids is 2. The molecule has 1 saturated carbocycles. The molecular formula is C20H21FN2O2S. The molecule has 2 aliphatic carbocycles. The Bertz CT molecular complexity index is 807. The highest BCUT2D eigenvalue weighted by molar-refractivity contribution is 7.14. The first-order valence-electron chi connectivity index (χ1n) is 9.09. The molecule has 2 N–H and O–H groups in total. The summed E-state index contributed by atoms with van der Waals surface area (Å²) in [4.78, 5) is 26.5. The van der Waals surface area contributed by atoms with E-state index in [4.69, 9.17) is 0 Å². The maximum absolute atomic E-state index is 13.0. The Balaban J connectivity index is 1.31. The summed E-state index contributed by atoms with van der Waals surface area (Å²) in [7, 11) is 0. The van der Waals surface area contributed by atoms with E-state index in [9.17, 15) is 14.0 Å². The van der Waals surface area contributed by atoms with Crippen molar-refractivity contribution in [1.29, 1.82) is 0 Å². The monoisotopic (exact) mass is 372 g/mol. The third kappa shape index (κ3) is 3.65. The van der Waals surface area contributed by atoms with Crippen molar-refractivity contribution in [3.05, 3.63) is 57.0 Å². The summed E-state index contributed by atoms with van der Waals surface area (Å²) in [5.41, 5.74) is 7.32. The lowest BCUT2D eigenvalue weighted by molar-refractivity contribution is -0.123. The van der Waals surface area contributed by atoms with E-state index in [1.165, 1.54) is 53.2 Å². The van der Waals surface area contributed by atoms with E-state index >= 15 is 0 Å². The van der Waals surface area contributed by atoms with Crippen LogP contribution < -0.4 is 10.9 Å². The van der Waals surface area contributed by atoms with Gasteiger partial charge in [-0.05, 0) is 67.3 Å². The summed E-state index contributed by atoms with van der Waals surface area (Å²) in [5.74, 6) is -0.788. The van der Waals surface area contributed by atoms with Gasteiger partial charge in [-0.2, -0.15) is 0 Å². The Morgan fingerprint density at radius 1 is 1.04 bits per heavy atom. The molecule has 1 aromatic heterocycles. The minimum atomic E-state index is -0.281. The van der Waals surface area contributed by atoms with Crippen LogP contribution in [0.25, 0.3) is 0 Å². The number of benzene rings is 1. The number of carbonyl (C=O) groups is 2. The van der Waals surface area contributed by atoms with Crippen LogP contribution in [0.3, 0.4) is 0 Å². The molecule has 136 valence electrons. The number of fused-ring (bicyclic) bond motifs is 1. The highest BCUT2D eigenvalue weighted by Crippen LogP contribution is 2.47. The number of nitrogens with one attached hydrogen (secondary N) is 2. The Labute approximate surface area is 155 Å². The zero-order valence-corrected chi connectivity index (χ0v) is 15.2. The van der Waals surface area contributed by atoms with Crippen LogP contribution in [0.2, 0.25) is 0 Å². The fraction of sp³-hybridized carbons (Fsp3) is 0.400. The van der Waals surface area contributed by atoms with Crippen LogP contribution >= 0.6 is 11.3 Å². The zero-order valence-electron chi connectivity index (χ0n) is 14.4. The van der Waals surface area contributed by atoms with E-state index < -0.39 is 0 Å². The Hall–Kier alpha value is -2.21. The molecular weight excluding hydrogens is 351 g/mol. The van der Waals surface area contributed by atoms with Crippen LogP contribution in [-0.4, -0.2) is 11.8 Å². The van der Waals surface area contributed by atoms with Crippen molar-refractivity contribution in [2.45, 2.75) is 44.4 Å². The molecule has 0 saturated heterocycles. The maximum atomic E-state index is 13.0. The second-order valence-corrected chi connectivity index (χ2v) is 8.20. The minimum absolute atomic E-state index is 0.102. The Morgan fingerprint density at radius 3 is 2.62 bits per heavy atom. The molecule has 2 unspecified atom stereocenters. The van der Waals surface area contributed by atoms with Gasteiger partial charge in [0.25, 0.3) is 5.91 Å². The molecule has 4 nitrogen and oxygen atoms in total. The quantitative estimate of drug-likeness (QED) is 0.637. The first kappa shape index (κ1) is 17.2. The average Bonchev–Trinajstić information content (AvgIpc) is 3.39. The van der Waals surface area contributed by atoms with E-state index in [0.717, 1.165) is 24.8 Å². The van der Waals surface area contributed by atoms with Gasteiger partial charge in [-0.15, -0.1) is 11.3 Å². The lowest BCUT2D eigenvalue weighted by atomic mass is 10.1. The fourth-order valence-electron chi connectivity index (χ4n) is 3.62. The maximum Gasteiger partial charge on any atom is 0.279 e. The summed E-state index contributed by atoms with van der Waals surface area (Å²) in [5, 5.41) is 0. The van der Waals surface area contributed by atoms with Crippen LogP contribution in [0, 0.1) is 11.7 Å². The molecule has 2 aliphatic rings. The molecule has 1 heterocycles. The minimum Gasteiger partial charge on any atom is -0.273 e. The zero-order chi connectivity index (χ0) is 18.1. The van der Waals surface area contributed by atoms with Crippen molar-refractivity contribution < 1.29 is 14.0 Å². The number of amides is 2. The van der Waals surface area contributed by atoms with Gasteiger partial charge in [-0.25, -0.2) is 4.39 Å². The number of rotatable bonds is 3. The summed E-state index contributed by atoms with van der Waals surface area (Å²) >= 11 is 1.53. The fourth-order valence-corrected chi connectivity index (χ4v) is 4.76. The third-order valence-corrected chi connectivity index (χ3v) is 6.43. The van der Waals surface area contributed by atoms with E-state index in [0.29, 0.717) is 4.88 Å². The molecule has 0 radical (unpaired) electrons. The number of thiophene rings is 1. The van der Waals surface area contributed by atoms with Gasteiger partial charge in [-0.3, -0.25) is 20.4 Å². The van der Waals surface area contributed by atoms with Gasteiger partial charge in [0, 0.05) is 10.8 Å². The summed E-state index contributed by atoms with van der Waals surface area (Å²) in [6, 6.07) is 8.21. The normalized spacial score (nSPS) is 21.4. The van der Waals surface area contributed by atoms with E-state index in [1.54, 1.807) is 12.1 Å².